The third-order valence-corrected chi connectivity index (χ3v) is 9.04. The average Bonchev–Trinajstić information content (AvgIpc) is 3.71. The van der Waals surface area contributed by atoms with Gasteiger partial charge in [-0.25, -0.2) is 0 Å². The summed E-state index contributed by atoms with van der Waals surface area (Å²) in [7, 11) is 0. The van der Waals surface area contributed by atoms with Gasteiger partial charge in [0.1, 0.15) is 0 Å². The molecule has 0 fully saturated rings. The molecule has 0 amide bonds. The molecule has 0 atom stereocenters. The normalized spacial score (nSPS) is 10.4. The van der Waals surface area contributed by atoms with Crippen molar-refractivity contribution in [3.8, 4) is 22.3 Å². The molecule has 50 heavy (non-hydrogen) atoms. The van der Waals surface area contributed by atoms with E-state index >= 15 is 0 Å². The molecule has 0 heterocycles. The third kappa shape index (κ3) is 12.4. The first kappa shape index (κ1) is 45.6. The van der Waals surface area contributed by atoms with Gasteiger partial charge in [0, 0.05) is 0 Å². The standard InChI is InChI=1S/2C22H25.C3H6.2ClH.Zr/c2*1-4-5-7-17-14-20-8-6-9-21(22(20)15-17)19-12-10-18(11-13-19)16(2)3;1-3-2;;;/h2*6,8-16H,4-5,7H2,1-3H3;1-3H2;2*1H;/q2*-1;-2;;;+2/p-2. The molecule has 0 aliphatic carbocycles. The molecule has 0 aliphatic rings. The van der Waals surface area contributed by atoms with Crippen LogP contribution in [0.3, 0.4) is 0 Å². The van der Waals surface area contributed by atoms with Gasteiger partial charge in [-0.15, -0.1) is 69.1 Å². The third-order valence-electron chi connectivity index (χ3n) is 9.04. The predicted molar refractivity (Wildman–Crippen MR) is 211 cm³/mol. The Labute approximate surface area is 336 Å². The van der Waals surface area contributed by atoms with E-state index in [2.05, 4.69) is 165 Å². The second-order valence-corrected chi connectivity index (χ2v) is 13.5. The van der Waals surface area contributed by atoms with Gasteiger partial charge in [0.05, 0.1) is 0 Å². The van der Waals surface area contributed by atoms with Crippen molar-refractivity contribution >= 4 is 21.5 Å². The Bertz CT molecular complexity index is 1650. The van der Waals surface area contributed by atoms with Crippen LogP contribution in [0, 0.1) is 13.8 Å². The molecule has 0 bridgehead atoms. The predicted octanol–water partition coefficient (Wildman–Crippen LogP) is 8.43. The van der Waals surface area contributed by atoms with Crippen LogP contribution in [-0.2, 0) is 39.0 Å². The molecule has 0 nitrogen and oxygen atoms in total. The summed E-state index contributed by atoms with van der Waals surface area (Å²) < 4.78 is 0. The molecule has 6 aromatic rings. The van der Waals surface area contributed by atoms with E-state index in [0.717, 1.165) is 6.42 Å². The summed E-state index contributed by atoms with van der Waals surface area (Å²) in [5.41, 5.74) is 11.1. The number of hydrogen-bond acceptors (Lipinski definition) is 0. The Kier molecular flexibility index (Phi) is 21.1. The van der Waals surface area contributed by atoms with Crippen molar-refractivity contribution in [2.24, 2.45) is 0 Å². The van der Waals surface area contributed by atoms with E-state index < -0.39 is 0 Å². The molecule has 0 unspecified atom stereocenters. The number of halogens is 2. The molecule has 0 spiro atoms. The molecule has 0 radical (unpaired) electrons. The molecule has 3 heteroatoms. The zero-order valence-electron chi connectivity index (χ0n) is 31.2. The average molecular weight is 783 g/mol. The molecule has 0 aliphatic heterocycles. The fourth-order valence-electron chi connectivity index (χ4n) is 6.24. The van der Waals surface area contributed by atoms with Crippen LogP contribution < -0.4 is 24.8 Å². The van der Waals surface area contributed by atoms with E-state index in [4.69, 9.17) is 0 Å². The van der Waals surface area contributed by atoms with E-state index in [0.29, 0.717) is 11.8 Å². The van der Waals surface area contributed by atoms with E-state index in [-0.39, 0.29) is 51.0 Å². The summed E-state index contributed by atoms with van der Waals surface area (Å²) >= 11 is 0. The summed E-state index contributed by atoms with van der Waals surface area (Å²) in [6, 6.07) is 40.9. The molecule has 6 rings (SSSR count). The van der Waals surface area contributed by atoms with Crippen molar-refractivity contribution in [3.05, 3.63) is 145 Å². The van der Waals surface area contributed by atoms with Crippen molar-refractivity contribution in [3.63, 3.8) is 0 Å². The summed E-state index contributed by atoms with van der Waals surface area (Å²) in [6.45, 7) is 20.2. The first-order chi connectivity index (χ1) is 22.8. The molecular formula is C47H56Cl2Zr-4. The van der Waals surface area contributed by atoms with Gasteiger partial charge < -0.3 is 45.1 Å². The van der Waals surface area contributed by atoms with Crippen molar-refractivity contribution in [2.75, 3.05) is 0 Å². The van der Waals surface area contributed by atoms with Gasteiger partial charge in [-0.1, -0.05) is 139 Å². The van der Waals surface area contributed by atoms with Crippen molar-refractivity contribution < 1.29 is 51.0 Å². The monoisotopic (exact) mass is 780 g/mol. The summed E-state index contributed by atoms with van der Waals surface area (Å²) in [5.74, 6) is 1.17. The summed E-state index contributed by atoms with van der Waals surface area (Å²) in [4.78, 5) is 0. The van der Waals surface area contributed by atoms with Crippen LogP contribution in [0.15, 0.2) is 109 Å². The minimum Gasteiger partial charge on any atom is -1.00 e. The zero-order valence-corrected chi connectivity index (χ0v) is 35.1. The van der Waals surface area contributed by atoms with Crippen LogP contribution in [0.4, 0.5) is 0 Å². The van der Waals surface area contributed by atoms with E-state index in [9.17, 15) is 0 Å². The van der Waals surface area contributed by atoms with E-state index in [1.165, 1.54) is 105 Å². The van der Waals surface area contributed by atoms with Crippen LogP contribution in [-0.4, -0.2) is 0 Å². The number of hydrogen-bond donors (Lipinski definition) is 0. The Morgan fingerprint density at radius 2 is 0.880 bits per heavy atom. The molecule has 0 saturated heterocycles. The van der Waals surface area contributed by atoms with Crippen LogP contribution in [0.25, 0.3) is 43.8 Å². The summed E-state index contributed by atoms with van der Waals surface area (Å²) in [6.07, 6.45) is 8.19. The maximum absolute atomic E-state index is 3.38. The van der Waals surface area contributed by atoms with Gasteiger partial charge in [0.25, 0.3) is 0 Å². The molecule has 6 aromatic carbocycles. The second kappa shape index (κ2) is 23.2. The number of unbranched alkanes of at least 4 members (excludes halogenated alkanes) is 2. The number of rotatable bonds is 10. The Hall–Kier alpha value is -2.44. The van der Waals surface area contributed by atoms with E-state index in [1.807, 2.05) is 0 Å². The molecular weight excluding hydrogens is 727 g/mol. The van der Waals surface area contributed by atoms with Gasteiger partial charge in [0.15, 0.2) is 0 Å². The van der Waals surface area contributed by atoms with Gasteiger partial charge in [-0.05, 0) is 46.9 Å². The minimum absolute atomic E-state index is 0. The molecule has 0 aromatic heterocycles. The van der Waals surface area contributed by atoms with Gasteiger partial charge >= 0.3 is 26.2 Å². The van der Waals surface area contributed by atoms with Gasteiger partial charge in [-0.3, -0.25) is 0 Å². The first-order valence-corrected chi connectivity index (χ1v) is 17.9. The first-order valence-electron chi connectivity index (χ1n) is 17.9. The largest absolute Gasteiger partial charge is 2.00 e. The van der Waals surface area contributed by atoms with Gasteiger partial charge in [0.2, 0.25) is 0 Å². The van der Waals surface area contributed by atoms with Crippen molar-refractivity contribution in [1.29, 1.82) is 0 Å². The number of aryl methyl sites for hydroxylation is 2. The molecule has 266 valence electrons. The Morgan fingerprint density at radius 1 is 0.540 bits per heavy atom. The van der Waals surface area contributed by atoms with Crippen LogP contribution in [0.1, 0.15) is 108 Å². The zero-order chi connectivity index (χ0) is 33.8. The number of benzene rings is 4. The fraction of sp³-hybridized carbons (Fsp3) is 0.319. The van der Waals surface area contributed by atoms with Crippen LogP contribution in [0.2, 0.25) is 0 Å². The van der Waals surface area contributed by atoms with Gasteiger partial charge in [-0.2, -0.15) is 12.1 Å². The molecule has 0 saturated carbocycles. The fourth-order valence-corrected chi connectivity index (χ4v) is 6.24. The second-order valence-electron chi connectivity index (χ2n) is 13.5. The smallest absolute Gasteiger partial charge is 1.00 e. The maximum atomic E-state index is 3.38. The van der Waals surface area contributed by atoms with Crippen LogP contribution >= 0.6 is 0 Å². The van der Waals surface area contributed by atoms with Crippen LogP contribution in [0.5, 0.6) is 0 Å². The number of fused-ring (bicyclic) bond motifs is 2. The van der Waals surface area contributed by atoms with E-state index in [1.54, 1.807) is 0 Å². The maximum Gasteiger partial charge on any atom is 2.00 e. The molecule has 0 N–H and O–H groups in total. The Morgan fingerprint density at radius 3 is 1.18 bits per heavy atom. The Balaban J connectivity index is 0.000000439. The quantitative estimate of drug-likeness (QED) is 0.123. The van der Waals surface area contributed by atoms with Crippen molar-refractivity contribution in [2.45, 2.75) is 98.3 Å². The summed E-state index contributed by atoms with van der Waals surface area (Å²) in [5, 5.41) is 5.53. The SMILES string of the molecule is CCCCc1cc2c(-c3ccc(C(C)C)cc3)cccc2[cH-]1.CCCCc1cc2c(-c3ccc(C(C)C)cc3)cccc2[cH-]1.[CH2-]C[CH2-].[Cl-].[Cl-].[Zr+2]. The topological polar surface area (TPSA) is 0 Å². The minimum atomic E-state index is 0. The van der Waals surface area contributed by atoms with Crippen molar-refractivity contribution in [1.82, 2.24) is 0 Å².